The Hall–Kier alpha value is -1.58. The van der Waals surface area contributed by atoms with Gasteiger partial charge in [0.25, 0.3) is 15.5 Å². The molecule has 8 heteroatoms. The summed E-state index contributed by atoms with van der Waals surface area (Å²) in [6.45, 7) is 0. The zero-order valence-electron chi connectivity index (χ0n) is 7.55. The highest BCUT2D eigenvalue weighted by Gasteiger charge is 2.20. The van der Waals surface area contributed by atoms with Gasteiger partial charge in [-0.3, -0.25) is 10.1 Å². The normalized spacial score (nSPS) is 10.4. The standard InChI is InChI=1S/C8H3FIN3O3/c9-4-1-2-6(13(14)15)5(3-4)7-11-12-8(10)16-7/h1-3H. The van der Waals surface area contributed by atoms with Crippen molar-refractivity contribution >= 4 is 28.3 Å². The molecule has 0 atom stereocenters. The van der Waals surface area contributed by atoms with E-state index in [2.05, 4.69) is 10.2 Å². The minimum absolute atomic E-state index is 0.0274. The van der Waals surface area contributed by atoms with Crippen molar-refractivity contribution in [2.45, 2.75) is 0 Å². The molecule has 0 unspecified atom stereocenters. The first-order valence-electron chi connectivity index (χ1n) is 4.01. The van der Waals surface area contributed by atoms with Crippen LogP contribution in [0.3, 0.4) is 0 Å². The van der Waals surface area contributed by atoms with Gasteiger partial charge in [0.15, 0.2) is 0 Å². The fourth-order valence-corrected chi connectivity index (χ4v) is 1.47. The van der Waals surface area contributed by atoms with Crippen molar-refractivity contribution in [1.29, 1.82) is 0 Å². The van der Waals surface area contributed by atoms with Gasteiger partial charge in [0.1, 0.15) is 11.4 Å². The van der Waals surface area contributed by atoms with Gasteiger partial charge in [0, 0.05) is 28.7 Å². The summed E-state index contributed by atoms with van der Waals surface area (Å²) in [6.07, 6.45) is 0. The second-order valence-electron chi connectivity index (χ2n) is 2.78. The quantitative estimate of drug-likeness (QED) is 0.478. The Morgan fingerprint density at radius 2 is 2.19 bits per heavy atom. The van der Waals surface area contributed by atoms with Gasteiger partial charge in [-0.25, -0.2) is 4.39 Å². The van der Waals surface area contributed by atoms with E-state index in [0.29, 0.717) is 0 Å². The van der Waals surface area contributed by atoms with Crippen molar-refractivity contribution in [2.24, 2.45) is 0 Å². The fraction of sp³-hybridized carbons (Fsp3) is 0. The molecule has 16 heavy (non-hydrogen) atoms. The molecule has 0 spiro atoms. The molecule has 0 fully saturated rings. The maximum Gasteiger partial charge on any atom is 0.282 e. The van der Waals surface area contributed by atoms with Gasteiger partial charge in [-0.1, -0.05) is 0 Å². The predicted molar refractivity (Wildman–Crippen MR) is 59.1 cm³/mol. The fourth-order valence-electron chi connectivity index (χ4n) is 1.15. The lowest BCUT2D eigenvalue weighted by atomic mass is 10.2. The second-order valence-corrected chi connectivity index (χ2v) is 3.70. The van der Waals surface area contributed by atoms with Crippen molar-refractivity contribution in [1.82, 2.24) is 10.2 Å². The van der Waals surface area contributed by atoms with Crippen LogP contribution in [0.2, 0.25) is 0 Å². The van der Waals surface area contributed by atoms with Crippen LogP contribution in [0, 0.1) is 19.8 Å². The van der Waals surface area contributed by atoms with Gasteiger partial charge in [-0.05, 0) is 12.1 Å². The van der Waals surface area contributed by atoms with Crippen LogP contribution in [0.4, 0.5) is 10.1 Å². The average Bonchev–Trinajstić information content (AvgIpc) is 2.64. The van der Waals surface area contributed by atoms with Crippen LogP contribution in [-0.2, 0) is 0 Å². The molecule has 82 valence electrons. The summed E-state index contributed by atoms with van der Waals surface area (Å²) in [5.41, 5.74) is -0.304. The third kappa shape index (κ3) is 2.01. The van der Waals surface area contributed by atoms with Crippen molar-refractivity contribution in [3.63, 3.8) is 0 Å². The van der Waals surface area contributed by atoms with E-state index >= 15 is 0 Å². The van der Waals surface area contributed by atoms with Crippen molar-refractivity contribution in [3.05, 3.63) is 38.0 Å². The number of benzene rings is 1. The minimum atomic E-state index is -0.633. The Bertz CT molecular complexity index is 557. The van der Waals surface area contributed by atoms with Gasteiger partial charge in [-0.2, -0.15) is 0 Å². The van der Waals surface area contributed by atoms with E-state index in [1.165, 1.54) is 0 Å². The Kier molecular flexibility index (Phi) is 2.81. The third-order valence-corrected chi connectivity index (χ3v) is 2.22. The first-order valence-corrected chi connectivity index (χ1v) is 5.09. The van der Waals surface area contributed by atoms with Gasteiger partial charge in [0.2, 0.25) is 0 Å². The third-order valence-electron chi connectivity index (χ3n) is 1.79. The highest BCUT2D eigenvalue weighted by molar-refractivity contribution is 14.1. The molecule has 0 amide bonds. The van der Waals surface area contributed by atoms with E-state index in [-0.39, 0.29) is 21.0 Å². The SMILES string of the molecule is O=[N+]([O-])c1ccc(F)cc1-c1nnc(I)o1. The molecule has 0 N–H and O–H groups in total. The summed E-state index contributed by atoms with van der Waals surface area (Å²) in [4.78, 5) is 10.1. The van der Waals surface area contributed by atoms with Crippen LogP contribution >= 0.6 is 22.6 Å². The molecule has 0 aliphatic carbocycles. The monoisotopic (exact) mass is 335 g/mol. The minimum Gasteiger partial charge on any atom is -0.411 e. The molecule has 0 saturated heterocycles. The number of hydrogen-bond acceptors (Lipinski definition) is 5. The number of aromatic nitrogens is 2. The molecular weight excluding hydrogens is 332 g/mol. The average molecular weight is 335 g/mol. The summed E-state index contributed by atoms with van der Waals surface area (Å²) >= 11 is 1.76. The summed E-state index contributed by atoms with van der Waals surface area (Å²) in [7, 11) is 0. The number of hydrogen-bond donors (Lipinski definition) is 0. The molecule has 0 aliphatic heterocycles. The molecule has 6 nitrogen and oxygen atoms in total. The van der Waals surface area contributed by atoms with Gasteiger partial charge >= 0.3 is 0 Å². The van der Waals surface area contributed by atoms with E-state index in [9.17, 15) is 14.5 Å². The van der Waals surface area contributed by atoms with E-state index in [1.807, 2.05) is 0 Å². The predicted octanol–water partition coefficient (Wildman–Crippen LogP) is 2.39. The van der Waals surface area contributed by atoms with Gasteiger partial charge in [-0.15, -0.1) is 10.2 Å². The number of nitro benzene ring substituents is 1. The molecule has 1 heterocycles. The first-order chi connectivity index (χ1) is 7.58. The van der Waals surface area contributed by atoms with E-state index < -0.39 is 10.7 Å². The lowest BCUT2D eigenvalue weighted by Crippen LogP contribution is -1.93. The smallest absolute Gasteiger partial charge is 0.282 e. The van der Waals surface area contributed by atoms with Gasteiger partial charge < -0.3 is 4.42 Å². The Morgan fingerprint density at radius 3 is 2.75 bits per heavy atom. The van der Waals surface area contributed by atoms with Crippen molar-refractivity contribution in [2.75, 3.05) is 0 Å². The van der Waals surface area contributed by atoms with Crippen LogP contribution in [0.5, 0.6) is 0 Å². The first kappa shape index (κ1) is 10.9. The molecule has 1 aromatic heterocycles. The van der Waals surface area contributed by atoms with Crippen LogP contribution in [0.15, 0.2) is 22.6 Å². The highest BCUT2D eigenvalue weighted by Crippen LogP contribution is 2.29. The lowest BCUT2D eigenvalue weighted by molar-refractivity contribution is -0.384. The molecule has 2 rings (SSSR count). The molecule has 0 radical (unpaired) electrons. The Morgan fingerprint density at radius 1 is 1.44 bits per heavy atom. The number of rotatable bonds is 2. The highest BCUT2D eigenvalue weighted by atomic mass is 127. The van der Waals surface area contributed by atoms with Crippen molar-refractivity contribution < 1.29 is 13.7 Å². The van der Waals surface area contributed by atoms with E-state index in [4.69, 9.17) is 4.42 Å². The molecule has 2 aromatic rings. The van der Waals surface area contributed by atoms with E-state index in [1.54, 1.807) is 22.6 Å². The molecular formula is C8H3FIN3O3. The topological polar surface area (TPSA) is 82.1 Å². The van der Waals surface area contributed by atoms with Crippen LogP contribution in [0.25, 0.3) is 11.5 Å². The molecule has 0 saturated carbocycles. The number of halogens is 2. The summed E-state index contributed by atoms with van der Waals surface area (Å²) in [5.74, 6) is -0.676. The van der Waals surface area contributed by atoms with Crippen molar-refractivity contribution in [3.8, 4) is 11.5 Å². The molecule has 0 aliphatic rings. The molecule has 1 aromatic carbocycles. The number of nitro groups is 1. The van der Waals surface area contributed by atoms with Crippen LogP contribution < -0.4 is 0 Å². The zero-order valence-corrected chi connectivity index (χ0v) is 9.71. The second kappa shape index (κ2) is 4.12. The van der Waals surface area contributed by atoms with Gasteiger partial charge in [0.05, 0.1) is 4.92 Å². The van der Waals surface area contributed by atoms with Crippen LogP contribution in [-0.4, -0.2) is 15.1 Å². The Labute approximate surface area is 102 Å². The molecule has 0 bridgehead atoms. The summed E-state index contributed by atoms with van der Waals surface area (Å²) in [5, 5.41) is 17.8. The zero-order chi connectivity index (χ0) is 11.7. The summed E-state index contributed by atoms with van der Waals surface area (Å²) in [6, 6.07) is 3.05. The number of nitrogens with zero attached hydrogens (tertiary/aromatic N) is 3. The maximum atomic E-state index is 13.0. The summed E-state index contributed by atoms with van der Waals surface area (Å²) < 4.78 is 18.2. The Balaban J connectivity index is 2.62. The van der Waals surface area contributed by atoms with E-state index in [0.717, 1.165) is 18.2 Å². The maximum absolute atomic E-state index is 13.0. The van der Waals surface area contributed by atoms with Crippen LogP contribution in [0.1, 0.15) is 0 Å². The largest absolute Gasteiger partial charge is 0.411 e. The lowest BCUT2D eigenvalue weighted by Gasteiger charge is -1.97.